The Morgan fingerprint density at radius 3 is 2.57 bits per heavy atom. The van der Waals surface area contributed by atoms with Crippen molar-refractivity contribution in [3.05, 3.63) is 21.1 Å². The summed E-state index contributed by atoms with van der Waals surface area (Å²) in [6.07, 6.45) is -0.0148. The molecule has 21 heavy (non-hydrogen) atoms. The molecule has 1 atom stereocenters. The van der Waals surface area contributed by atoms with Crippen molar-refractivity contribution in [3.8, 4) is 5.75 Å². The predicted octanol–water partition coefficient (Wildman–Crippen LogP) is 2.85. The molecule has 0 amide bonds. The molecule has 0 aromatic heterocycles. The van der Waals surface area contributed by atoms with Crippen molar-refractivity contribution in [1.29, 1.82) is 0 Å². The van der Waals surface area contributed by atoms with Crippen molar-refractivity contribution in [2.45, 2.75) is 11.0 Å². The molecule has 1 aliphatic rings. The van der Waals surface area contributed by atoms with E-state index in [9.17, 15) is 8.42 Å². The molecule has 5 nitrogen and oxygen atoms in total. The first-order chi connectivity index (χ1) is 9.77. The highest BCUT2D eigenvalue weighted by molar-refractivity contribution is 9.11. The van der Waals surface area contributed by atoms with Crippen LogP contribution in [0.25, 0.3) is 0 Å². The van der Waals surface area contributed by atoms with Gasteiger partial charge in [-0.1, -0.05) is 0 Å². The standard InChI is InChI=1S/C12H14Br2ClNO4S/c1-16-2-3-19-8(6-16)7-20-12-10(13)4-9(5-11(12)14)21(15,17)18/h4-5,8H,2-3,6-7H2,1H3. The monoisotopic (exact) mass is 461 g/mol. The summed E-state index contributed by atoms with van der Waals surface area (Å²) in [5.41, 5.74) is 0. The van der Waals surface area contributed by atoms with Crippen LogP contribution in [0.5, 0.6) is 5.75 Å². The molecule has 1 saturated heterocycles. The van der Waals surface area contributed by atoms with Gasteiger partial charge in [0.05, 0.1) is 20.4 Å². The van der Waals surface area contributed by atoms with E-state index in [1.807, 2.05) is 7.05 Å². The lowest BCUT2D eigenvalue weighted by atomic mass is 10.3. The minimum absolute atomic E-state index is 0.00363. The van der Waals surface area contributed by atoms with Crippen molar-refractivity contribution in [2.24, 2.45) is 0 Å². The number of hydrogen-bond acceptors (Lipinski definition) is 5. The highest BCUT2D eigenvalue weighted by Gasteiger charge is 2.21. The van der Waals surface area contributed by atoms with Gasteiger partial charge in [-0.25, -0.2) is 8.42 Å². The predicted molar refractivity (Wildman–Crippen MR) is 87.6 cm³/mol. The van der Waals surface area contributed by atoms with E-state index in [-0.39, 0.29) is 11.0 Å². The smallest absolute Gasteiger partial charge is 0.261 e. The van der Waals surface area contributed by atoms with Crippen LogP contribution in [0.1, 0.15) is 0 Å². The molecule has 0 bridgehead atoms. The first-order valence-electron chi connectivity index (χ1n) is 6.14. The summed E-state index contributed by atoms with van der Waals surface area (Å²) in [6, 6.07) is 2.83. The quantitative estimate of drug-likeness (QED) is 0.643. The highest BCUT2D eigenvalue weighted by atomic mass is 79.9. The molecule has 1 aromatic rings. The van der Waals surface area contributed by atoms with E-state index in [0.29, 0.717) is 27.9 Å². The molecular formula is C12H14Br2ClNO4S. The van der Waals surface area contributed by atoms with Crippen LogP contribution in [0.15, 0.2) is 26.0 Å². The van der Waals surface area contributed by atoms with Crippen molar-refractivity contribution in [2.75, 3.05) is 33.4 Å². The van der Waals surface area contributed by atoms with Crippen molar-refractivity contribution >= 4 is 51.6 Å². The molecule has 1 aromatic carbocycles. The Morgan fingerprint density at radius 1 is 1.43 bits per heavy atom. The normalized spacial score (nSPS) is 20.5. The van der Waals surface area contributed by atoms with Crippen molar-refractivity contribution < 1.29 is 17.9 Å². The minimum Gasteiger partial charge on any atom is -0.488 e. The lowest BCUT2D eigenvalue weighted by molar-refractivity contribution is -0.0405. The van der Waals surface area contributed by atoms with Crippen LogP contribution < -0.4 is 4.74 Å². The Morgan fingerprint density at radius 2 is 2.05 bits per heavy atom. The van der Waals surface area contributed by atoms with Crippen LogP contribution in [-0.2, 0) is 13.8 Å². The van der Waals surface area contributed by atoms with Crippen LogP contribution in [0.4, 0.5) is 0 Å². The molecule has 2 rings (SSSR count). The van der Waals surface area contributed by atoms with Gasteiger partial charge in [-0.3, -0.25) is 0 Å². The molecule has 118 valence electrons. The highest BCUT2D eigenvalue weighted by Crippen LogP contribution is 2.37. The number of rotatable bonds is 4. The Bertz CT molecular complexity index is 603. The van der Waals surface area contributed by atoms with E-state index in [0.717, 1.165) is 13.1 Å². The zero-order chi connectivity index (χ0) is 15.6. The van der Waals surface area contributed by atoms with Gasteiger partial charge in [0.25, 0.3) is 9.05 Å². The average molecular weight is 464 g/mol. The molecule has 1 aliphatic heterocycles. The van der Waals surface area contributed by atoms with Crippen LogP contribution in [0.2, 0.25) is 0 Å². The molecule has 1 fully saturated rings. The Balaban J connectivity index is 2.10. The summed E-state index contributed by atoms with van der Waals surface area (Å²) in [5, 5.41) is 0. The first kappa shape index (κ1) is 17.5. The molecular weight excluding hydrogens is 449 g/mol. The average Bonchev–Trinajstić information content (AvgIpc) is 2.36. The van der Waals surface area contributed by atoms with Gasteiger partial charge in [-0.15, -0.1) is 0 Å². The number of morpholine rings is 1. The van der Waals surface area contributed by atoms with Gasteiger partial charge >= 0.3 is 0 Å². The second-order valence-corrected chi connectivity index (χ2v) is 8.99. The SMILES string of the molecule is CN1CCOC(COc2c(Br)cc(S(=O)(=O)Cl)cc2Br)C1. The third-order valence-corrected chi connectivity index (χ3v) is 5.52. The van der Waals surface area contributed by atoms with Gasteiger partial charge in [-0.05, 0) is 51.0 Å². The molecule has 0 saturated carbocycles. The summed E-state index contributed by atoms with van der Waals surface area (Å²) >= 11 is 6.60. The Kier molecular flexibility index (Phi) is 5.95. The molecule has 9 heteroatoms. The molecule has 0 radical (unpaired) electrons. The Hall–Kier alpha value is 0.140. The third kappa shape index (κ3) is 4.80. The number of halogens is 3. The van der Waals surface area contributed by atoms with E-state index in [1.165, 1.54) is 12.1 Å². The van der Waals surface area contributed by atoms with E-state index >= 15 is 0 Å². The fourth-order valence-electron chi connectivity index (χ4n) is 1.96. The maximum absolute atomic E-state index is 11.3. The van der Waals surface area contributed by atoms with Crippen LogP contribution in [0.3, 0.4) is 0 Å². The molecule has 0 spiro atoms. The second kappa shape index (κ2) is 7.14. The van der Waals surface area contributed by atoms with E-state index in [2.05, 4.69) is 36.8 Å². The maximum atomic E-state index is 11.3. The van der Waals surface area contributed by atoms with E-state index < -0.39 is 9.05 Å². The van der Waals surface area contributed by atoms with Gasteiger partial charge in [0.15, 0.2) is 0 Å². The molecule has 1 unspecified atom stereocenters. The van der Waals surface area contributed by atoms with Crippen LogP contribution in [0, 0.1) is 0 Å². The number of nitrogens with zero attached hydrogens (tertiary/aromatic N) is 1. The summed E-state index contributed by atoms with van der Waals surface area (Å²) < 4.78 is 35.1. The van der Waals surface area contributed by atoms with Crippen molar-refractivity contribution in [3.63, 3.8) is 0 Å². The van der Waals surface area contributed by atoms with Gasteiger partial charge < -0.3 is 14.4 Å². The summed E-state index contributed by atoms with van der Waals surface area (Å²) in [4.78, 5) is 2.18. The summed E-state index contributed by atoms with van der Waals surface area (Å²) in [7, 11) is 3.58. The topological polar surface area (TPSA) is 55.8 Å². The Labute approximate surface area is 145 Å². The lowest BCUT2D eigenvalue weighted by Gasteiger charge is -2.30. The van der Waals surface area contributed by atoms with Gasteiger partial charge in [0, 0.05) is 23.8 Å². The lowest BCUT2D eigenvalue weighted by Crippen LogP contribution is -2.42. The number of hydrogen-bond donors (Lipinski definition) is 0. The first-order valence-corrected chi connectivity index (χ1v) is 10.0. The number of likely N-dealkylation sites (N-methyl/N-ethyl adjacent to an activating group) is 1. The number of benzene rings is 1. The zero-order valence-electron chi connectivity index (χ0n) is 11.2. The largest absolute Gasteiger partial charge is 0.488 e. The van der Waals surface area contributed by atoms with Gasteiger partial charge in [-0.2, -0.15) is 0 Å². The zero-order valence-corrected chi connectivity index (χ0v) is 15.9. The second-order valence-electron chi connectivity index (χ2n) is 4.72. The summed E-state index contributed by atoms with van der Waals surface area (Å²) in [5.74, 6) is 0.524. The van der Waals surface area contributed by atoms with E-state index in [4.69, 9.17) is 20.2 Å². The molecule has 0 aliphatic carbocycles. The van der Waals surface area contributed by atoms with E-state index in [1.54, 1.807) is 0 Å². The van der Waals surface area contributed by atoms with Gasteiger partial charge in [0.1, 0.15) is 18.5 Å². The molecule has 1 heterocycles. The fourth-order valence-corrected chi connectivity index (χ4v) is 4.46. The van der Waals surface area contributed by atoms with Crippen molar-refractivity contribution in [1.82, 2.24) is 4.90 Å². The number of ether oxygens (including phenoxy) is 2. The molecule has 0 N–H and O–H groups in total. The van der Waals surface area contributed by atoms with Gasteiger partial charge in [0.2, 0.25) is 0 Å². The third-order valence-electron chi connectivity index (χ3n) is 3.01. The van der Waals surface area contributed by atoms with Crippen LogP contribution >= 0.6 is 42.5 Å². The minimum atomic E-state index is -3.78. The maximum Gasteiger partial charge on any atom is 0.261 e. The fraction of sp³-hybridized carbons (Fsp3) is 0.500. The van der Waals surface area contributed by atoms with Crippen LogP contribution in [-0.4, -0.2) is 52.8 Å². The summed E-state index contributed by atoms with van der Waals surface area (Å²) in [6.45, 7) is 2.76.